The maximum absolute atomic E-state index is 10.3. The normalized spacial score (nSPS) is 25.8. The number of hydrogen-bond acceptors (Lipinski definition) is 4. The quantitative estimate of drug-likeness (QED) is 0.876. The van der Waals surface area contributed by atoms with Gasteiger partial charge in [-0.15, -0.1) is 0 Å². The fourth-order valence-corrected chi connectivity index (χ4v) is 3.20. The Bertz CT molecular complexity index is 469. The predicted octanol–water partition coefficient (Wildman–Crippen LogP) is 2.86. The highest BCUT2D eigenvalue weighted by Gasteiger charge is 2.19. The van der Waals surface area contributed by atoms with Crippen molar-refractivity contribution in [3.63, 3.8) is 0 Å². The van der Waals surface area contributed by atoms with Gasteiger partial charge in [-0.25, -0.2) is 0 Å². The zero-order valence-corrected chi connectivity index (χ0v) is 12.7. The van der Waals surface area contributed by atoms with Crippen LogP contribution in [0.25, 0.3) is 0 Å². The molecule has 1 atom stereocenters. The minimum atomic E-state index is -0.498. The Labute approximate surface area is 126 Å². The molecule has 1 aromatic carbocycles. The smallest absolute Gasteiger partial charge is 0.231 e. The Morgan fingerprint density at radius 1 is 1.19 bits per heavy atom. The summed E-state index contributed by atoms with van der Waals surface area (Å²) in [5.74, 6) is 3.15. The van der Waals surface area contributed by atoms with Gasteiger partial charge in [-0.2, -0.15) is 0 Å². The summed E-state index contributed by atoms with van der Waals surface area (Å²) in [5.41, 5.74) is 0.879. The average molecular weight is 291 g/mol. The van der Waals surface area contributed by atoms with Gasteiger partial charge in [0.25, 0.3) is 0 Å². The standard InChI is InChI=1S/C17H25NO3/c1-12-2-4-13(5-3-12)9-18-10-15(19)14-6-7-16-17(8-14)21-11-20-16/h6-8,12-13,15,18-19H,2-5,9-11H2,1H3. The highest BCUT2D eigenvalue weighted by atomic mass is 16.7. The number of nitrogens with one attached hydrogen (secondary N) is 1. The molecule has 0 saturated heterocycles. The first-order chi connectivity index (χ1) is 10.2. The van der Waals surface area contributed by atoms with Crippen LogP contribution in [0.3, 0.4) is 0 Å². The number of ether oxygens (including phenoxy) is 2. The van der Waals surface area contributed by atoms with Crippen LogP contribution in [0.2, 0.25) is 0 Å². The first-order valence-corrected chi connectivity index (χ1v) is 8.00. The van der Waals surface area contributed by atoms with E-state index >= 15 is 0 Å². The van der Waals surface area contributed by atoms with Crippen LogP contribution in [-0.2, 0) is 0 Å². The lowest BCUT2D eigenvalue weighted by atomic mass is 9.83. The molecule has 1 aliphatic heterocycles. The lowest BCUT2D eigenvalue weighted by Crippen LogP contribution is -2.29. The maximum atomic E-state index is 10.3. The van der Waals surface area contributed by atoms with Gasteiger partial charge >= 0.3 is 0 Å². The molecule has 2 N–H and O–H groups in total. The highest BCUT2D eigenvalue weighted by molar-refractivity contribution is 5.45. The first kappa shape index (κ1) is 14.7. The second-order valence-electron chi connectivity index (χ2n) is 6.41. The minimum absolute atomic E-state index is 0.271. The van der Waals surface area contributed by atoms with Gasteiger partial charge < -0.3 is 19.9 Å². The molecule has 1 aliphatic carbocycles. The van der Waals surface area contributed by atoms with Gasteiger partial charge in [-0.1, -0.05) is 25.8 Å². The zero-order chi connectivity index (χ0) is 14.7. The van der Waals surface area contributed by atoms with Crippen molar-refractivity contribution in [2.75, 3.05) is 19.9 Å². The Morgan fingerprint density at radius 3 is 2.76 bits per heavy atom. The largest absolute Gasteiger partial charge is 0.454 e. The zero-order valence-electron chi connectivity index (χ0n) is 12.7. The van der Waals surface area contributed by atoms with Crippen LogP contribution in [0, 0.1) is 11.8 Å². The van der Waals surface area contributed by atoms with E-state index in [0.717, 1.165) is 35.4 Å². The summed E-state index contributed by atoms with van der Waals surface area (Å²) in [6, 6.07) is 5.64. The molecule has 4 heteroatoms. The molecule has 1 aromatic rings. The Kier molecular flexibility index (Phi) is 4.66. The van der Waals surface area contributed by atoms with Crippen molar-refractivity contribution < 1.29 is 14.6 Å². The Balaban J connectivity index is 1.45. The number of rotatable bonds is 5. The van der Waals surface area contributed by atoms with E-state index in [1.54, 1.807) is 0 Å². The van der Waals surface area contributed by atoms with Gasteiger partial charge in [0.1, 0.15) is 0 Å². The molecule has 0 spiro atoms. The van der Waals surface area contributed by atoms with E-state index in [1.807, 2.05) is 18.2 Å². The van der Waals surface area contributed by atoms with E-state index in [2.05, 4.69) is 12.2 Å². The van der Waals surface area contributed by atoms with Gasteiger partial charge in [0.05, 0.1) is 6.10 Å². The molecule has 1 saturated carbocycles. The molecule has 116 valence electrons. The van der Waals surface area contributed by atoms with Crippen LogP contribution in [0.1, 0.15) is 44.3 Å². The summed E-state index contributed by atoms with van der Waals surface area (Å²) in [4.78, 5) is 0. The highest BCUT2D eigenvalue weighted by Crippen LogP contribution is 2.34. The molecule has 0 radical (unpaired) electrons. The summed E-state index contributed by atoms with van der Waals surface area (Å²) in [5, 5.41) is 13.7. The van der Waals surface area contributed by atoms with Crippen molar-refractivity contribution in [2.45, 2.75) is 38.7 Å². The van der Waals surface area contributed by atoms with Crippen molar-refractivity contribution in [1.29, 1.82) is 0 Å². The van der Waals surface area contributed by atoms with Crippen molar-refractivity contribution in [2.24, 2.45) is 11.8 Å². The number of hydrogen-bond donors (Lipinski definition) is 2. The summed E-state index contributed by atoms with van der Waals surface area (Å²) in [6.07, 6.45) is 4.82. The number of aliphatic hydroxyl groups is 1. The summed E-state index contributed by atoms with van der Waals surface area (Å²) >= 11 is 0. The van der Waals surface area contributed by atoms with E-state index in [1.165, 1.54) is 25.7 Å². The lowest BCUT2D eigenvalue weighted by Gasteiger charge is -2.26. The van der Waals surface area contributed by atoms with Gasteiger partial charge in [-0.3, -0.25) is 0 Å². The molecule has 0 amide bonds. The molecule has 0 bridgehead atoms. The predicted molar refractivity (Wildman–Crippen MR) is 81.5 cm³/mol. The summed E-state index contributed by atoms with van der Waals surface area (Å²) in [6.45, 7) is 4.21. The fourth-order valence-electron chi connectivity index (χ4n) is 3.20. The van der Waals surface area contributed by atoms with Crippen LogP contribution in [-0.4, -0.2) is 25.0 Å². The molecule has 1 fully saturated rings. The fraction of sp³-hybridized carbons (Fsp3) is 0.647. The lowest BCUT2D eigenvalue weighted by molar-refractivity contribution is 0.167. The van der Waals surface area contributed by atoms with Gasteiger partial charge in [0.2, 0.25) is 6.79 Å². The van der Waals surface area contributed by atoms with E-state index in [0.29, 0.717) is 6.54 Å². The summed E-state index contributed by atoms with van der Waals surface area (Å²) in [7, 11) is 0. The number of benzene rings is 1. The molecule has 4 nitrogen and oxygen atoms in total. The third-order valence-electron chi connectivity index (χ3n) is 4.69. The number of aliphatic hydroxyl groups excluding tert-OH is 1. The van der Waals surface area contributed by atoms with Crippen molar-refractivity contribution in [1.82, 2.24) is 5.32 Å². The van der Waals surface area contributed by atoms with Crippen molar-refractivity contribution >= 4 is 0 Å². The third-order valence-corrected chi connectivity index (χ3v) is 4.69. The summed E-state index contributed by atoms with van der Waals surface area (Å²) < 4.78 is 10.6. The van der Waals surface area contributed by atoms with Crippen LogP contribution in [0.4, 0.5) is 0 Å². The van der Waals surface area contributed by atoms with E-state index in [9.17, 15) is 5.11 Å². The Hall–Kier alpha value is -1.26. The van der Waals surface area contributed by atoms with Crippen molar-refractivity contribution in [3.05, 3.63) is 23.8 Å². The topological polar surface area (TPSA) is 50.7 Å². The van der Waals surface area contributed by atoms with Gasteiger partial charge in [-0.05, 0) is 48.9 Å². The minimum Gasteiger partial charge on any atom is -0.454 e. The van der Waals surface area contributed by atoms with E-state index in [4.69, 9.17) is 9.47 Å². The van der Waals surface area contributed by atoms with Gasteiger partial charge in [0.15, 0.2) is 11.5 Å². The second-order valence-corrected chi connectivity index (χ2v) is 6.41. The molecule has 21 heavy (non-hydrogen) atoms. The molecule has 1 unspecified atom stereocenters. The average Bonchev–Trinajstić information content (AvgIpc) is 2.96. The maximum Gasteiger partial charge on any atom is 0.231 e. The monoisotopic (exact) mass is 291 g/mol. The first-order valence-electron chi connectivity index (χ1n) is 8.00. The van der Waals surface area contributed by atoms with Crippen molar-refractivity contribution in [3.8, 4) is 11.5 Å². The molecule has 3 rings (SSSR count). The molecular formula is C17H25NO3. The Morgan fingerprint density at radius 2 is 1.95 bits per heavy atom. The van der Waals surface area contributed by atoms with Crippen LogP contribution >= 0.6 is 0 Å². The van der Waals surface area contributed by atoms with Crippen LogP contribution in [0.15, 0.2) is 18.2 Å². The molecular weight excluding hydrogens is 266 g/mol. The van der Waals surface area contributed by atoms with Crippen LogP contribution < -0.4 is 14.8 Å². The molecule has 0 aromatic heterocycles. The van der Waals surface area contributed by atoms with E-state index in [-0.39, 0.29) is 6.79 Å². The molecule has 1 heterocycles. The number of fused-ring (bicyclic) bond motifs is 1. The molecule has 2 aliphatic rings. The van der Waals surface area contributed by atoms with Crippen LogP contribution in [0.5, 0.6) is 11.5 Å². The second kappa shape index (κ2) is 6.67. The van der Waals surface area contributed by atoms with E-state index < -0.39 is 6.10 Å². The SMILES string of the molecule is CC1CCC(CNCC(O)c2ccc3c(c2)OCO3)CC1. The third kappa shape index (κ3) is 3.69. The van der Waals surface area contributed by atoms with Gasteiger partial charge in [0, 0.05) is 6.54 Å².